The lowest BCUT2D eigenvalue weighted by Gasteiger charge is -2.08. The Morgan fingerprint density at radius 1 is 1.06 bits per heavy atom. The molecular weight excluding hydrogens is 548 g/mol. The van der Waals surface area contributed by atoms with Gasteiger partial charge < -0.3 is 9.30 Å². The summed E-state index contributed by atoms with van der Waals surface area (Å²) in [5, 5.41) is 0.977. The van der Waals surface area contributed by atoms with Crippen LogP contribution >= 0.6 is 34.5 Å². The number of fused-ring (bicyclic) bond motifs is 1. The summed E-state index contributed by atoms with van der Waals surface area (Å²) in [7, 11) is -3.92. The second-order valence-electron chi connectivity index (χ2n) is 7.49. The highest BCUT2D eigenvalue weighted by molar-refractivity contribution is 7.92. The predicted octanol–water partition coefficient (Wildman–Crippen LogP) is 5.73. The first kappa shape index (κ1) is 26.3. The smallest absolute Gasteiger partial charge is 0.279 e. The van der Waals surface area contributed by atoms with E-state index in [1.54, 1.807) is 16.7 Å². The number of anilines is 1. The molecule has 4 rings (SSSR count). The van der Waals surface area contributed by atoms with Gasteiger partial charge in [0.05, 0.1) is 31.8 Å². The quantitative estimate of drug-likeness (QED) is 0.275. The van der Waals surface area contributed by atoms with Gasteiger partial charge >= 0.3 is 0 Å². The van der Waals surface area contributed by atoms with Gasteiger partial charge in [-0.3, -0.25) is 9.52 Å². The van der Waals surface area contributed by atoms with E-state index in [1.165, 1.54) is 47.7 Å². The third-order valence-corrected chi connectivity index (χ3v) is 8.34. The molecule has 0 fully saturated rings. The molecule has 4 aromatic rings. The van der Waals surface area contributed by atoms with Gasteiger partial charge in [0.1, 0.15) is 5.82 Å². The molecule has 1 amide bonds. The van der Waals surface area contributed by atoms with Crippen molar-refractivity contribution in [2.45, 2.75) is 18.4 Å². The molecule has 0 aliphatic carbocycles. The third-order valence-electron chi connectivity index (χ3n) is 5.10. The minimum absolute atomic E-state index is 0.0854. The highest BCUT2D eigenvalue weighted by Gasteiger charge is 2.16. The van der Waals surface area contributed by atoms with Crippen LogP contribution in [0.2, 0.25) is 10.0 Å². The molecular formula is C24H20Cl2FN3O4S2. The van der Waals surface area contributed by atoms with E-state index < -0.39 is 21.7 Å². The predicted molar refractivity (Wildman–Crippen MR) is 140 cm³/mol. The summed E-state index contributed by atoms with van der Waals surface area (Å²) in [5.41, 5.74) is 1.17. The van der Waals surface area contributed by atoms with Gasteiger partial charge in [0.15, 0.2) is 4.80 Å². The SMILES string of the molecule is CCOCCn1c(=NC(=O)c2ccc(NS(=O)(=O)c3ccc(F)cc3)cc2)sc2c(Cl)ccc(Cl)c21. The van der Waals surface area contributed by atoms with Crippen LogP contribution in [0.4, 0.5) is 10.1 Å². The van der Waals surface area contributed by atoms with E-state index in [0.717, 1.165) is 12.1 Å². The van der Waals surface area contributed by atoms with Crippen molar-refractivity contribution in [2.75, 3.05) is 17.9 Å². The molecule has 0 saturated carbocycles. The van der Waals surface area contributed by atoms with Crippen molar-refractivity contribution in [2.24, 2.45) is 4.99 Å². The Morgan fingerprint density at radius 2 is 1.72 bits per heavy atom. The van der Waals surface area contributed by atoms with Gasteiger partial charge in [-0.05, 0) is 67.6 Å². The average Bonchev–Trinajstić information content (AvgIpc) is 3.21. The monoisotopic (exact) mass is 567 g/mol. The number of benzene rings is 3. The minimum Gasteiger partial charge on any atom is -0.380 e. The van der Waals surface area contributed by atoms with Crippen LogP contribution in [0.25, 0.3) is 10.2 Å². The first-order chi connectivity index (χ1) is 17.2. The third kappa shape index (κ3) is 5.79. The van der Waals surface area contributed by atoms with Crippen LogP contribution in [0.3, 0.4) is 0 Å². The molecule has 36 heavy (non-hydrogen) atoms. The fraction of sp³-hybridized carbons (Fsp3) is 0.167. The van der Waals surface area contributed by atoms with Crippen molar-refractivity contribution >= 4 is 66.4 Å². The largest absolute Gasteiger partial charge is 0.380 e. The van der Waals surface area contributed by atoms with Gasteiger partial charge in [-0.25, -0.2) is 12.8 Å². The molecule has 1 N–H and O–H groups in total. The number of amides is 1. The maximum atomic E-state index is 13.1. The first-order valence-electron chi connectivity index (χ1n) is 10.7. The topological polar surface area (TPSA) is 89.8 Å². The Labute approximate surface area is 220 Å². The lowest BCUT2D eigenvalue weighted by atomic mass is 10.2. The number of aromatic nitrogens is 1. The van der Waals surface area contributed by atoms with Crippen LogP contribution in [0.15, 0.2) is 70.6 Å². The van der Waals surface area contributed by atoms with Gasteiger partial charge in [0.2, 0.25) is 0 Å². The number of carbonyl (C=O) groups is 1. The van der Waals surface area contributed by atoms with Crippen LogP contribution in [0.1, 0.15) is 17.3 Å². The molecule has 0 saturated heterocycles. The van der Waals surface area contributed by atoms with Crippen molar-refractivity contribution in [3.8, 4) is 0 Å². The van der Waals surface area contributed by atoms with E-state index in [2.05, 4.69) is 9.71 Å². The lowest BCUT2D eigenvalue weighted by molar-refractivity contribution is 0.0996. The number of ether oxygens (including phenoxy) is 1. The lowest BCUT2D eigenvalue weighted by Crippen LogP contribution is -2.20. The number of hydrogen-bond donors (Lipinski definition) is 1. The van der Waals surface area contributed by atoms with Gasteiger partial charge in [-0.1, -0.05) is 34.5 Å². The van der Waals surface area contributed by atoms with Crippen LogP contribution < -0.4 is 9.52 Å². The van der Waals surface area contributed by atoms with Crippen molar-refractivity contribution in [1.82, 2.24) is 4.57 Å². The molecule has 0 radical (unpaired) electrons. The zero-order valence-corrected chi connectivity index (χ0v) is 22.0. The van der Waals surface area contributed by atoms with Crippen molar-refractivity contribution in [1.29, 1.82) is 0 Å². The number of nitrogens with zero attached hydrogens (tertiary/aromatic N) is 2. The standard InChI is InChI=1S/C24H20Cl2FN3O4S2/c1-2-34-14-13-30-21-19(25)11-12-20(26)22(21)35-24(30)28-23(31)15-3-7-17(8-4-15)29-36(32,33)18-9-5-16(27)6-10-18/h3-12,29H,2,13-14H2,1H3. The van der Waals surface area contributed by atoms with E-state index in [0.29, 0.717) is 44.8 Å². The molecule has 3 aromatic carbocycles. The normalized spacial score (nSPS) is 12.3. The molecule has 0 aliphatic heterocycles. The number of thiazole rings is 1. The Morgan fingerprint density at radius 3 is 2.39 bits per heavy atom. The molecule has 1 heterocycles. The number of nitrogens with one attached hydrogen (secondary N) is 1. The Kier molecular flexibility index (Phi) is 8.11. The maximum absolute atomic E-state index is 13.1. The summed E-state index contributed by atoms with van der Waals surface area (Å²) < 4.78 is 48.5. The Bertz CT molecular complexity index is 1580. The van der Waals surface area contributed by atoms with Gasteiger partial charge in [-0.15, -0.1) is 0 Å². The number of rotatable bonds is 8. The zero-order valence-electron chi connectivity index (χ0n) is 18.9. The molecule has 1 aromatic heterocycles. The molecule has 0 unspecified atom stereocenters. The van der Waals surface area contributed by atoms with Crippen molar-refractivity contribution < 1.29 is 22.3 Å². The van der Waals surface area contributed by atoms with Crippen molar-refractivity contribution in [3.05, 3.63) is 86.9 Å². The summed E-state index contributed by atoms with van der Waals surface area (Å²) in [6.45, 7) is 3.25. The summed E-state index contributed by atoms with van der Waals surface area (Å²) in [4.78, 5) is 17.6. The average molecular weight is 568 g/mol. The molecule has 0 bridgehead atoms. The molecule has 7 nitrogen and oxygen atoms in total. The summed E-state index contributed by atoms with van der Waals surface area (Å²) >= 11 is 14.0. The van der Waals surface area contributed by atoms with E-state index >= 15 is 0 Å². The minimum atomic E-state index is -3.92. The molecule has 0 aliphatic rings. The van der Waals surface area contributed by atoms with Crippen LogP contribution in [0.5, 0.6) is 0 Å². The first-order valence-corrected chi connectivity index (χ1v) is 13.8. The Hall–Kier alpha value is -2.76. The summed E-state index contributed by atoms with van der Waals surface area (Å²) in [6, 6.07) is 13.7. The molecule has 0 spiro atoms. The fourth-order valence-corrected chi connectivity index (χ4v) is 6.09. The van der Waals surface area contributed by atoms with Gasteiger partial charge in [0, 0.05) is 24.4 Å². The van der Waals surface area contributed by atoms with E-state index in [-0.39, 0.29) is 16.1 Å². The second-order valence-corrected chi connectivity index (χ2v) is 11.0. The summed E-state index contributed by atoms with van der Waals surface area (Å²) in [5.74, 6) is -1.06. The molecule has 0 atom stereocenters. The molecule has 12 heteroatoms. The van der Waals surface area contributed by atoms with Crippen LogP contribution in [0, 0.1) is 5.82 Å². The number of sulfonamides is 1. The number of hydrogen-bond acceptors (Lipinski definition) is 5. The van der Waals surface area contributed by atoms with Crippen LogP contribution in [-0.2, 0) is 21.3 Å². The number of carbonyl (C=O) groups excluding carboxylic acids is 1. The fourth-order valence-electron chi connectivity index (χ4n) is 3.36. The highest BCUT2D eigenvalue weighted by Crippen LogP contribution is 2.32. The van der Waals surface area contributed by atoms with Gasteiger partial charge in [0.25, 0.3) is 15.9 Å². The van der Waals surface area contributed by atoms with E-state index in [4.69, 9.17) is 27.9 Å². The zero-order chi connectivity index (χ0) is 25.9. The number of halogens is 3. The van der Waals surface area contributed by atoms with E-state index in [9.17, 15) is 17.6 Å². The summed E-state index contributed by atoms with van der Waals surface area (Å²) in [6.07, 6.45) is 0. The second kappa shape index (κ2) is 11.1. The van der Waals surface area contributed by atoms with Gasteiger partial charge in [-0.2, -0.15) is 4.99 Å². The maximum Gasteiger partial charge on any atom is 0.279 e. The van der Waals surface area contributed by atoms with E-state index in [1.807, 2.05) is 6.92 Å². The van der Waals surface area contributed by atoms with Crippen LogP contribution in [-0.4, -0.2) is 32.1 Å². The van der Waals surface area contributed by atoms with Crippen molar-refractivity contribution in [3.63, 3.8) is 0 Å². The molecule has 188 valence electrons. The highest BCUT2D eigenvalue weighted by atomic mass is 35.5. The Balaban J connectivity index is 1.62.